The maximum absolute atomic E-state index is 10.9. The minimum absolute atomic E-state index is 0.259. The fourth-order valence-electron chi connectivity index (χ4n) is 1.29. The molecule has 6 heteroatoms. The molecule has 0 aliphatic rings. The van der Waals surface area contributed by atoms with Crippen LogP contribution in [0.4, 0.5) is 0 Å². The van der Waals surface area contributed by atoms with Crippen LogP contribution in [0.15, 0.2) is 45.1 Å². The van der Waals surface area contributed by atoms with Gasteiger partial charge in [0.1, 0.15) is 0 Å². The van der Waals surface area contributed by atoms with Gasteiger partial charge in [0.2, 0.25) is 0 Å². The van der Waals surface area contributed by atoms with E-state index in [1.807, 2.05) is 17.8 Å². The van der Waals surface area contributed by atoms with Gasteiger partial charge in [-0.2, -0.15) is 0 Å². The summed E-state index contributed by atoms with van der Waals surface area (Å²) in [4.78, 5) is 16.0. The molecule has 1 aromatic heterocycles. The van der Waals surface area contributed by atoms with Crippen LogP contribution in [0.3, 0.4) is 0 Å². The molecule has 1 N–H and O–H groups in total. The van der Waals surface area contributed by atoms with E-state index in [2.05, 4.69) is 20.9 Å². The molecule has 0 amide bonds. The maximum atomic E-state index is 10.9. The van der Waals surface area contributed by atoms with Crippen LogP contribution in [0.25, 0.3) is 0 Å². The zero-order valence-electron chi connectivity index (χ0n) is 8.92. The normalized spacial score (nSPS) is 10.5. The van der Waals surface area contributed by atoms with E-state index in [0.29, 0.717) is 4.47 Å². The number of hydrogen-bond acceptors (Lipinski definition) is 3. The molecule has 2 aromatic rings. The predicted octanol–water partition coefficient (Wildman–Crippen LogP) is 3.03. The summed E-state index contributed by atoms with van der Waals surface area (Å²) >= 11 is 4.73. The molecule has 0 saturated heterocycles. The van der Waals surface area contributed by atoms with Crippen LogP contribution in [0.1, 0.15) is 10.4 Å². The van der Waals surface area contributed by atoms with Crippen molar-refractivity contribution in [2.45, 2.75) is 10.1 Å². The highest BCUT2D eigenvalue weighted by Crippen LogP contribution is 2.29. The Morgan fingerprint density at radius 1 is 1.53 bits per heavy atom. The number of hydrogen-bond donors (Lipinski definition) is 1. The lowest BCUT2D eigenvalue weighted by Crippen LogP contribution is -1.97. The second-order valence-corrected chi connectivity index (χ2v) is 5.26. The summed E-state index contributed by atoms with van der Waals surface area (Å²) in [5.74, 6) is -0.939. The van der Waals surface area contributed by atoms with Gasteiger partial charge in [-0.25, -0.2) is 9.78 Å². The molecule has 4 nitrogen and oxygen atoms in total. The Balaban J connectivity index is 2.27. The van der Waals surface area contributed by atoms with Gasteiger partial charge >= 0.3 is 5.97 Å². The first kappa shape index (κ1) is 12.2. The number of imidazole rings is 1. The largest absolute Gasteiger partial charge is 0.478 e. The third-order valence-corrected chi connectivity index (χ3v) is 3.88. The summed E-state index contributed by atoms with van der Waals surface area (Å²) in [7, 11) is 1.91. The molecule has 17 heavy (non-hydrogen) atoms. The first-order valence-electron chi connectivity index (χ1n) is 4.76. The van der Waals surface area contributed by atoms with Crippen molar-refractivity contribution in [3.05, 3.63) is 40.6 Å². The Morgan fingerprint density at radius 2 is 2.29 bits per heavy atom. The van der Waals surface area contributed by atoms with Crippen molar-refractivity contribution in [3.8, 4) is 0 Å². The molecular weight excluding hydrogens is 304 g/mol. The Bertz CT molecular complexity index is 568. The zero-order valence-corrected chi connectivity index (χ0v) is 11.3. The molecule has 0 atom stereocenters. The predicted molar refractivity (Wildman–Crippen MR) is 68.4 cm³/mol. The average molecular weight is 313 g/mol. The summed E-state index contributed by atoms with van der Waals surface area (Å²) in [5, 5.41) is 9.77. The van der Waals surface area contributed by atoms with Crippen LogP contribution >= 0.6 is 27.7 Å². The second-order valence-electron chi connectivity index (χ2n) is 3.37. The van der Waals surface area contributed by atoms with E-state index in [0.717, 1.165) is 10.1 Å². The van der Waals surface area contributed by atoms with Crippen LogP contribution < -0.4 is 0 Å². The van der Waals surface area contributed by atoms with Crippen molar-refractivity contribution in [2.75, 3.05) is 0 Å². The summed E-state index contributed by atoms with van der Waals surface area (Å²) in [6, 6.07) is 5.13. The molecule has 0 aliphatic carbocycles. The first-order valence-corrected chi connectivity index (χ1v) is 6.37. The summed E-state index contributed by atoms with van der Waals surface area (Å²) < 4.78 is 2.48. The highest BCUT2D eigenvalue weighted by Gasteiger charge is 2.10. The van der Waals surface area contributed by atoms with Crippen molar-refractivity contribution in [1.29, 1.82) is 0 Å². The third kappa shape index (κ3) is 2.70. The summed E-state index contributed by atoms with van der Waals surface area (Å²) in [5.41, 5.74) is 0.259. The van der Waals surface area contributed by atoms with E-state index in [-0.39, 0.29) is 5.56 Å². The van der Waals surface area contributed by atoms with Crippen molar-refractivity contribution in [3.63, 3.8) is 0 Å². The topological polar surface area (TPSA) is 55.1 Å². The van der Waals surface area contributed by atoms with Crippen LogP contribution in [0, 0.1) is 0 Å². The van der Waals surface area contributed by atoms with Crippen LogP contribution in [0.5, 0.6) is 0 Å². The minimum Gasteiger partial charge on any atom is -0.478 e. The van der Waals surface area contributed by atoms with Gasteiger partial charge < -0.3 is 9.67 Å². The van der Waals surface area contributed by atoms with Crippen molar-refractivity contribution in [2.24, 2.45) is 7.05 Å². The van der Waals surface area contributed by atoms with Crippen LogP contribution in [0.2, 0.25) is 0 Å². The summed E-state index contributed by atoms with van der Waals surface area (Å²) in [6.45, 7) is 0. The number of carboxylic acids is 1. The zero-order chi connectivity index (χ0) is 12.4. The monoisotopic (exact) mass is 312 g/mol. The molecule has 0 fully saturated rings. The number of rotatable bonds is 3. The molecule has 2 rings (SSSR count). The Morgan fingerprint density at radius 3 is 2.82 bits per heavy atom. The van der Waals surface area contributed by atoms with E-state index in [9.17, 15) is 4.79 Å². The second kappa shape index (κ2) is 4.93. The molecule has 0 radical (unpaired) electrons. The number of benzene rings is 1. The molecule has 1 aromatic carbocycles. The molecule has 0 bridgehead atoms. The lowest BCUT2D eigenvalue weighted by Gasteiger charge is -2.04. The van der Waals surface area contributed by atoms with E-state index in [1.54, 1.807) is 24.4 Å². The highest BCUT2D eigenvalue weighted by atomic mass is 79.9. The van der Waals surface area contributed by atoms with E-state index >= 15 is 0 Å². The molecule has 0 aliphatic heterocycles. The Kier molecular flexibility index (Phi) is 3.54. The minimum atomic E-state index is -0.939. The number of halogens is 1. The van der Waals surface area contributed by atoms with Gasteiger partial charge in [-0.3, -0.25) is 0 Å². The lowest BCUT2D eigenvalue weighted by atomic mass is 10.2. The Labute approximate surface area is 111 Å². The molecular formula is C11H9BrN2O2S. The highest BCUT2D eigenvalue weighted by molar-refractivity contribution is 9.10. The van der Waals surface area contributed by atoms with Gasteiger partial charge in [0.05, 0.1) is 5.56 Å². The molecule has 88 valence electrons. The Hall–Kier alpha value is -1.27. The van der Waals surface area contributed by atoms with Crippen molar-refractivity contribution < 1.29 is 9.90 Å². The van der Waals surface area contributed by atoms with Gasteiger partial charge in [0, 0.05) is 28.8 Å². The smallest absolute Gasteiger partial charge is 0.336 e. The number of carbonyl (C=O) groups is 1. The first-order chi connectivity index (χ1) is 8.08. The SMILES string of the molecule is Cn1ccnc1Sc1ccc(C(=O)O)c(Br)c1. The van der Waals surface area contributed by atoms with Crippen LogP contribution in [-0.4, -0.2) is 20.6 Å². The standard InChI is InChI=1S/C11H9BrN2O2S/c1-14-5-4-13-11(14)17-7-2-3-8(10(15)16)9(12)6-7/h2-6H,1H3,(H,15,16). The number of aromatic carboxylic acids is 1. The summed E-state index contributed by atoms with van der Waals surface area (Å²) in [6.07, 6.45) is 3.59. The molecule has 0 unspecified atom stereocenters. The van der Waals surface area contributed by atoms with Gasteiger partial charge in [-0.15, -0.1) is 0 Å². The van der Waals surface area contributed by atoms with Crippen molar-refractivity contribution >= 4 is 33.7 Å². The number of carboxylic acid groups (broad SMARTS) is 1. The maximum Gasteiger partial charge on any atom is 0.336 e. The number of nitrogens with zero attached hydrogens (tertiary/aromatic N) is 2. The molecule has 0 spiro atoms. The van der Waals surface area contributed by atoms with Gasteiger partial charge in [-0.1, -0.05) is 11.8 Å². The molecule has 1 heterocycles. The van der Waals surface area contributed by atoms with E-state index in [1.165, 1.54) is 11.8 Å². The van der Waals surface area contributed by atoms with Crippen molar-refractivity contribution in [1.82, 2.24) is 9.55 Å². The van der Waals surface area contributed by atoms with E-state index in [4.69, 9.17) is 5.11 Å². The fraction of sp³-hybridized carbons (Fsp3) is 0.0909. The fourth-order valence-corrected chi connectivity index (χ4v) is 2.83. The van der Waals surface area contributed by atoms with Gasteiger partial charge in [0.25, 0.3) is 0 Å². The number of aromatic nitrogens is 2. The van der Waals surface area contributed by atoms with Gasteiger partial charge in [0.15, 0.2) is 5.16 Å². The number of aryl methyl sites for hydroxylation is 1. The lowest BCUT2D eigenvalue weighted by molar-refractivity contribution is 0.0696. The quantitative estimate of drug-likeness (QED) is 0.946. The average Bonchev–Trinajstić information content (AvgIpc) is 2.64. The van der Waals surface area contributed by atoms with Crippen LogP contribution in [-0.2, 0) is 7.05 Å². The molecule has 0 saturated carbocycles. The van der Waals surface area contributed by atoms with E-state index < -0.39 is 5.97 Å². The van der Waals surface area contributed by atoms with Gasteiger partial charge in [-0.05, 0) is 34.1 Å². The third-order valence-electron chi connectivity index (χ3n) is 2.16.